The van der Waals surface area contributed by atoms with Crippen LogP contribution in [0.4, 0.5) is 0 Å². The number of unbranched alkanes of at least 4 members (excludes halogenated alkanes) is 2. The largest absolute Gasteiger partial charge is 0.417 e. The Hall–Kier alpha value is -3.89. The van der Waals surface area contributed by atoms with Gasteiger partial charge in [-0.1, -0.05) is 65.2 Å². The fraction of sp³-hybridized carbons (Fsp3) is 0.606. The first-order valence-corrected chi connectivity index (χ1v) is 16.0. The molecular formula is C33H49N5O6. The van der Waals surface area contributed by atoms with Gasteiger partial charge in [0.15, 0.2) is 0 Å². The molecule has 0 radical (unpaired) electrons. The third-order valence-corrected chi connectivity index (χ3v) is 8.43. The normalized spacial score (nSPS) is 20.8. The number of hydrogen-bond acceptors (Lipinski definition) is 6. The van der Waals surface area contributed by atoms with E-state index in [9.17, 15) is 24.0 Å². The van der Waals surface area contributed by atoms with E-state index >= 15 is 0 Å². The zero-order chi connectivity index (χ0) is 32.2. The van der Waals surface area contributed by atoms with Gasteiger partial charge < -0.3 is 25.7 Å². The zero-order valence-electron chi connectivity index (χ0n) is 26.8. The fourth-order valence-electron chi connectivity index (χ4n) is 5.61. The summed E-state index contributed by atoms with van der Waals surface area (Å²) in [4.78, 5) is 73.4. The first-order valence-electron chi connectivity index (χ1n) is 16.0. The zero-order valence-corrected chi connectivity index (χ0v) is 26.8. The minimum Gasteiger partial charge on any atom is -0.417 e. The number of para-hydroxylation sites is 1. The second kappa shape index (κ2) is 16.8. The van der Waals surface area contributed by atoms with E-state index in [-0.39, 0.29) is 30.6 Å². The number of fused-ring (bicyclic) bond motifs is 1. The number of benzene rings is 1. The van der Waals surface area contributed by atoms with Crippen molar-refractivity contribution in [2.75, 3.05) is 20.2 Å². The van der Waals surface area contributed by atoms with Crippen molar-refractivity contribution >= 4 is 40.3 Å². The van der Waals surface area contributed by atoms with Crippen molar-refractivity contribution in [2.24, 2.45) is 5.92 Å². The number of carbonyl (C=O) groups excluding carboxylic acids is 5. The van der Waals surface area contributed by atoms with Crippen LogP contribution in [0.1, 0.15) is 84.6 Å². The molecule has 0 saturated carbocycles. The van der Waals surface area contributed by atoms with Crippen LogP contribution < -0.4 is 20.8 Å². The van der Waals surface area contributed by atoms with Crippen LogP contribution in [-0.2, 0) is 30.4 Å². The molecule has 1 aliphatic heterocycles. The number of aromatic nitrogens is 1. The van der Waals surface area contributed by atoms with Gasteiger partial charge in [0, 0.05) is 37.4 Å². The number of Topliss-reactive ketones (excluding diaryl/α,β-unsaturated/α-hetero) is 1. The maximum Gasteiger partial charge on any atom is 0.245 e. The lowest BCUT2D eigenvalue weighted by Gasteiger charge is -2.33. The average molecular weight is 612 g/mol. The molecule has 1 aromatic heterocycles. The Morgan fingerprint density at radius 2 is 1.70 bits per heavy atom. The van der Waals surface area contributed by atoms with E-state index in [1.54, 1.807) is 18.0 Å². The van der Waals surface area contributed by atoms with Crippen molar-refractivity contribution in [1.82, 2.24) is 25.6 Å². The Labute approximate surface area is 260 Å². The van der Waals surface area contributed by atoms with E-state index in [2.05, 4.69) is 16.0 Å². The molecule has 4 atom stereocenters. The molecule has 3 rings (SSSR count). The fourth-order valence-corrected chi connectivity index (χ4v) is 5.61. The smallest absolute Gasteiger partial charge is 0.245 e. The Kier molecular flexibility index (Phi) is 13.2. The number of nitrogens with one attached hydrogen (secondary N) is 3. The van der Waals surface area contributed by atoms with Crippen molar-refractivity contribution in [3.63, 3.8) is 0 Å². The van der Waals surface area contributed by atoms with Gasteiger partial charge in [-0.05, 0) is 36.8 Å². The van der Waals surface area contributed by atoms with Gasteiger partial charge in [0.05, 0.1) is 12.1 Å². The molecule has 44 heavy (non-hydrogen) atoms. The minimum absolute atomic E-state index is 0.147. The molecule has 1 aromatic carbocycles. The van der Waals surface area contributed by atoms with Crippen LogP contribution in [-0.4, -0.2) is 77.4 Å². The lowest BCUT2D eigenvalue weighted by atomic mass is 9.96. The predicted octanol–water partition coefficient (Wildman–Crippen LogP) is 2.92. The number of rotatable bonds is 14. The maximum absolute atomic E-state index is 13.9. The molecule has 1 fully saturated rings. The van der Waals surface area contributed by atoms with Gasteiger partial charge in [-0.15, -0.1) is 0 Å². The Morgan fingerprint density at radius 3 is 2.39 bits per heavy atom. The lowest BCUT2D eigenvalue weighted by molar-refractivity contribution is -0.142. The van der Waals surface area contributed by atoms with Gasteiger partial charge in [-0.25, -0.2) is 0 Å². The van der Waals surface area contributed by atoms with Crippen molar-refractivity contribution in [1.29, 1.82) is 0 Å². The van der Waals surface area contributed by atoms with E-state index in [1.165, 1.54) is 4.90 Å². The summed E-state index contributed by atoms with van der Waals surface area (Å²) in [5, 5.41) is 9.55. The molecule has 4 amide bonds. The molecule has 1 aliphatic rings. The molecule has 0 aliphatic carbocycles. The van der Waals surface area contributed by atoms with Gasteiger partial charge in [-0.3, -0.25) is 24.0 Å². The molecule has 0 spiro atoms. The molecule has 1 saturated heterocycles. The Morgan fingerprint density at radius 1 is 0.977 bits per heavy atom. The summed E-state index contributed by atoms with van der Waals surface area (Å²) in [7, 11) is 1.55. The van der Waals surface area contributed by atoms with Gasteiger partial charge in [0.1, 0.15) is 31.0 Å². The van der Waals surface area contributed by atoms with E-state index in [0.29, 0.717) is 51.5 Å². The predicted molar refractivity (Wildman–Crippen MR) is 169 cm³/mol. The standard InChI is InChI=1S/C33H49N5O6/c1-6-18-37-21-29(40)34-26(16-11-9-10-14-24(39)8-3)31(41)35-27(32(42)36-30(33(37)43)22(4)7-2)19-23-20-38(44-5)28-17-13-12-15-25(23)28/h12-13,15,17,20,22,26-27,30H,6-11,14,16,18-19,21H2,1-5H3,(H,34,40)(H,35,41)(H,36,42). The molecule has 4 unspecified atom stereocenters. The number of amides is 4. The first kappa shape index (κ1) is 34.6. The van der Waals surface area contributed by atoms with E-state index < -0.39 is 35.8 Å². The van der Waals surface area contributed by atoms with Crippen LogP contribution in [0.5, 0.6) is 0 Å². The van der Waals surface area contributed by atoms with Crippen LogP contribution in [0.2, 0.25) is 0 Å². The highest BCUT2D eigenvalue weighted by Crippen LogP contribution is 2.22. The third kappa shape index (κ3) is 9.06. The van der Waals surface area contributed by atoms with E-state index in [4.69, 9.17) is 4.84 Å². The van der Waals surface area contributed by atoms with Gasteiger partial charge in [0.25, 0.3) is 0 Å². The number of carbonyl (C=O) groups is 5. The van der Waals surface area contributed by atoms with Crippen molar-refractivity contribution < 1.29 is 28.8 Å². The van der Waals surface area contributed by atoms with Crippen LogP contribution in [0.15, 0.2) is 30.5 Å². The molecule has 11 nitrogen and oxygen atoms in total. The van der Waals surface area contributed by atoms with Crippen molar-refractivity contribution in [2.45, 2.75) is 104 Å². The first-order chi connectivity index (χ1) is 21.1. The summed E-state index contributed by atoms with van der Waals surface area (Å²) in [6, 6.07) is 4.85. The van der Waals surface area contributed by atoms with Crippen molar-refractivity contribution in [3.8, 4) is 0 Å². The van der Waals surface area contributed by atoms with Crippen LogP contribution in [0, 0.1) is 5.92 Å². The SMILES string of the molecule is CCCN1CC(=O)NC(CCCCCC(=O)CC)C(=O)NC(Cc2cn(OC)c3ccccc23)C(=O)NC(C(C)CC)C1=O. The molecule has 3 N–H and O–H groups in total. The topological polar surface area (TPSA) is 139 Å². The van der Waals surface area contributed by atoms with Crippen molar-refractivity contribution in [3.05, 3.63) is 36.0 Å². The van der Waals surface area contributed by atoms with E-state index in [0.717, 1.165) is 22.9 Å². The lowest BCUT2D eigenvalue weighted by Crippen LogP contribution is -2.61. The number of nitrogens with zero attached hydrogens (tertiary/aromatic N) is 2. The summed E-state index contributed by atoms with van der Waals surface area (Å²) in [5.74, 6) is -1.68. The highest BCUT2D eigenvalue weighted by molar-refractivity contribution is 5.97. The van der Waals surface area contributed by atoms with Crippen LogP contribution in [0.25, 0.3) is 10.9 Å². The summed E-state index contributed by atoms with van der Waals surface area (Å²) in [6.07, 6.45) is 6.57. The molecular weight excluding hydrogens is 562 g/mol. The average Bonchev–Trinajstić information content (AvgIpc) is 3.38. The molecule has 2 aromatic rings. The van der Waals surface area contributed by atoms with Gasteiger partial charge >= 0.3 is 0 Å². The molecule has 2 heterocycles. The van der Waals surface area contributed by atoms with Crippen LogP contribution in [0.3, 0.4) is 0 Å². The second-order valence-corrected chi connectivity index (χ2v) is 11.7. The number of ketones is 1. The monoisotopic (exact) mass is 611 g/mol. The quantitative estimate of drug-likeness (QED) is 0.281. The molecule has 242 valence electrons. The second-order valence-electron chi connectivity index (χ2n) is 11.7. The van der Waals surface area contributed by atoms with Gasteiger partial charge in [-0.2, -0.15) is 4.73 Å². The summed E-state index contributed by atoms with van der Waals surface area (Å²) in [6.45, 7) is 7.73. The Balaban J connectivity index is 1.95. The molecule has 0 bridgehead atoms. The van der Waals surface area contributed by atoms with E-state index in [1.807, 2.05) is 52.0 Å². The molecule has 11 heteroatoms. The van der Waals surface area contributed by atoms with Crippen LogP contribution >= 0.6 is 0 Å². The summed E-state index contributed by atoms with van der Waals surface area (Å²) in [5.41, 5.74) is 1.61. The highest BCUT2D eigenvalue weighted by atomic mass is 16.6. The third-order valence-electron chi connectivity index (χ3n) is 8.43. The number of hydrogen-bond donors (Lipinski definition) is 3. The summed E-state index contributed by atoms with van der Waals surface area (Å²) < 4.78 is 1.61. The Bertz CT molecular complexity index is 1310. The highest BCUT2D eigenvalue weighted by Gasteiger charge is 2.36. The summed E-state index contributed by atoms with van der Waals surface area (Å²) >= 11 is 0. The van der Waals surface area contributed by atoms with Gasteiger partial charge in [0.2, 0.25) is 23.6 Å². The minimum atomic E-state index is -1.02. The maximum atomic E-state index is 13.9.